The van der Waals surface area contributed by atoms with Gasteiger partial charge in [0.15, 0.2) is 6.29 Å². The van der Waals surface area contributed by atoms with Crippen molar-refractivity contribution < 1.29 is 13.6 Å². The van der Waals surface area contributed by atoms with Crippen molar-refractivity contribution in [1.29, 1.82) is 0 Å². The molecule has 1 saturated heterocycles. The number of hydrogen-bond donors (Lipinski definition) is 0. The van der Waals surface area contributed by atoms with E-state index in [2.05, 4.69) is 4.90 Å². The summed E-state index contributed by atoms with van der Waals surface area (Å²) in [5.41, 5.74) is 2.01. The predicted octanol–water partition coefficient (Wildman–Crippen LogP) is 3.67. The summed E-state index contributed by atoms with van der Waals surface area (Å²) in [7, 11) is 0. The van der Waals surface area contributed by atoms with Crippen molar-refractivity contribution in [3.63, 3.8) is 0 Å². The maximum absolute atomic E-state index is 10.9. The van der Waals surface area contributed by atoms with E-state index in [4.69, 9.17) is 0 Å². The number of carbonyl (C=O) groups excluding carboxylic acids is 1. The Morgan fingerprint density at radius 2 is 2.00 bits per heavy atom. The smallest absolute Gasteiger partial charge is 0.160 e. The summed E-state index contributed by atoms with van der Waals surface area (Å²) in [6.45, 7) is 0.982. The van der Waals surface area contributed by atoms with Gasteiger partial charge in [-0.2, -0.15) is 0 Å². The molecule has 6 heteroatoms. The van der Waals surface area contributed by atoms with Gasteiger partial charge in [0, 0.05) is 12.3 Å². The van der Waals surface area contributed by atoms with Gasteiger partial charge >= 0.3 is 0 Å². The van der Waals surface area contributed by atoms with Gasteiger partial charge in [0.1, 0.15) is 0 Å². The first kappa shape index (κ1) is 16.4. The van der Waals surface area contributed by atoms with Crippen molar-refractivity contribution in [2.24, 2.45) is 0 Å². The molecule has 23 heavy (non-hydrogen) atoms. The Morgan fingerprint density at radius 3 is 2.65 bits per heavy atom. The van der Waals surface area contributed by atoms with Gasteiger partial charge in [0.05, 0.1) is 15.9 Å². The molecule has 1 fully saturated rings. The SMILES string of the molecule is O=Cc1ccc(N2CCCCC2c2ccc(CS(=O)[O-])cc2)s1. The van der Waals surface area contributed by atoms with Crippen molar-refractivity contribution in [3.05, 3.63) is 52.4 Å². The van der Waals surface area contributed by atoms with Gasteiger partial charge in [-0.1, -0.05) is 35.3 Å². The zero-order valence-electron chi connectivity index (χ0n) is 12.6. The van der Waals surface area contributed by atoms with Crippen LogP contribution in [0, 0.1) is 0 Å². The minimum absolute atomic E-state index is 0.0578. The molecule has 1 aliphatic rings. The zero-order valence-corrected chi connectivity index (χ0v) is 14.3. The van der Waals surface area contributed by atoms with Gasteiger partial charge in [0.2, 0.25) is 0 Å². The monoisotopic (exact) mass is 348 g/mol. The van der Waals surface area contributed by atoms with E-state index in [0.29, 0.717) is 0 Å². The molecule has 0 spiro atoms. The highest BCUT2D eigenvalue weighted by molar-refractivity contribution is 7.78. The van der Waals surface area contributed by atoms with Crippen LogP contribution in [0.1, 0.15) is 46.1 Å². The Labute approximate surface area is 142 Å². The Bertz CT molecular complexity index is 696. The quantitative estimate of drug-likeness (QED) is 0.611. The number of nitrogens with zero attached hydrogens (tertiary/aromatic N) is 1. The average molecular weight is 348 g/mol. The normalized spacial score (nSPS) is 19.5. The molecular formula is C17H18NO3S2-. The van der Waals surface area contributed by atoms with Crippen LogP contribution in [-0.4, -0.2) is 21.6 Å². The van der Waals surface area contributed by atoms with Crippen LogP contribution in [0.15, 0.2) is 36.4 Å². The van der Waals surface area contributed by atoms with Crippen LogP contribution < -0.4 is 4.90 Å². The summed E-state index contributed by atoms with van der Waals surface area (Å²) in [5, 5.41) is 1.13. The number of rotatable bonds is 5. The summed E-state index contributed by atoms with van der Waals surface area (Å²) in [6.07, 6.45) is 4.30. The molecule has 2 aromatic rings. The van der Waals surface area contributed by atoms with Gasteiger partial charge in [-0.15, -0.1) is 11.3 Å². The van der Waals surface area contributed by atoms with Crippen LogP contribution in [0.3, 0.4) is 0 Å². The third-order valence-electron chi connectivity index (χ3n) is 4.16. The van der Waals surface area contributed by atoms with E-state index in [9.17, 15) is 13.6 Å². The molecule has 3 rings (SSSR count). The predicted molar refractivity (Wildman–Crippen MR) is 92.7 cm³/mol. The van der Waals surface area contributed by atoms with Gasteiger partial charge in [-0.05, 0) is 42.5 Å². The van der Waals surface area contributed by atoms with Crippen LogP contribution in [-0.2, 0) is 16.8 Å². The lowest BCUT2D eigenvalue weighted by atomic mass is 9.95. The fourth-order valence-electron chi connectivity index (χ4n) is 3.07. The molecule has 2 heterocycles. The summed E-state index contributed by atoms with van der Waals surface area (Å²) >= 11 is -0.529. The number of piperidine rings is 1. The molecule has 0 N–H and O–H groups in total. The summed E-state index contributed by atoms with van der Waals surface area (Å²) < 4.78 is 21.6. The first-order chi connectivity index (χ1) is 11.2. The van der Waals surface area contributed by atoms with Gasteiger partial charge in [0.25, 0.3) is 0 Å². The molecule has 0 radical (unpaired) electrons. The minimum atomic E-state index is -2.05. The fourth-order valence-corrected chi connectivity index (χ4v) is 4.44. The maximum atomic E-state index is 10.9. The third kappa shape index (κ3) is 3.88. The van der Waals surface area contributed by atoms with Gasteiger partial charge in [-0.3, -0.25) is 9.00 Å². The number of carbonyl (C=O) groups is 1. The highest BCUT2D eigenvalue weighted by Crippen LogP contribution is 2.38. The Morgan fingerprint density at radius 1 is 1.22 bits per heavy atom. The topological polar surface area (TPSA) is 60.4 Å². The van der Waals surface area contributed by atoms with E-state index in [1.54, 1.807) is 0 Å². The molecule has 0 saturated carbocycles. The number of anilines is 1. The molecule has 1 aromatic heterocycles. The van der Waals surface area contributed by atoms with Crippen LogP contribution in [0.5, 0.6) is 0 Å². The van der Waals surface area contributed by atoms with Crippen LogP contribution in [0.2, 0.25) is 0 Å². The second-order valence-electron chi connectivity index (χ2n) is 5.69. The van der Waals surface area contributed by atoms with E-state index in [-0.39, 0.29) is 11.8 Å². The van der Waals surface area contributed by atoms with Crippen molar-refractivity contribution in [2.75, 3.05) is 11.4 Å². The van der Waals surface area contributed by atoms with E-state index >= 15 is 0 Å². The summed E-state index contributed by atoms with van der Waals surface area (Å²) in [4.78, 5) is 14.0. The molecule has 0 bridgehead atoms. The summed E-state index contributed by atoms with van der Waals surface area (Å²) in [5.74, 6) is 0.0578. The Balaban J connectivity index is 1.83. The molecule has 122 valence electrons. The van der Waals surface area contributed by atoms with Gasteiger partial charge in [-0.25, -0.2) is 0 Å². The molecular weight excluding hydrogens is 330 g/mol. The number of thiophene rings is 1. The lowest BCUT2D eigenvalue weighted by Crippen LogP contribution is -2.32. The molecule has 1 aromatic carbocycles. The van der Waals surface area contributed by atoms with Crippen LogP contribution >= 0.6 is 11.3 Å². The second kappa shape index (κ2) is 7.38. The third-order valence-corrected chi connectivity index (χ3v) is 5.78. The summed E-state index contributed by atoms with van der Waals surface area (Å²) in [6, 6.07) is 12.0. The standard InChI is InChI=1S/C17H19NO3S2/c19-11-15-8-9-17(22-15)18-10-2-1-3-16(18)14-6-4-13(5-7-14)12-23(20)21/h4-9,11,16H,1-3,10,12H2,(H,20,21)/p-1. The van der Waals surface area contributed by atoms with Crippen molar-refractivity contribution in [1.82, 2.24) is 0 Å². The highest BCUT2D eigenvalue weighted by Gasteiger charge is 2.25. The van der Waals surface area contributed by atoms with E-state index in [0.717, 1.165) is 41.1 Å². The van der Waals surface area contributed by atoms with Crippen molar-refractivity contribution in [3.8, 4) is 0 Å². The van der Waals surface area contributed by atoms with Crippen molar-refractivity contribution in [2.45, 2.75) is 31.1 Å². The zero-order chi connectivity index (χ0) is 16.2. The van der Waals surface area contributed by atoms with Crippen LogP contribution in [0.4, 0.5) is 5.00 Å². The minimum Gasteiger partial charge on any atom is -0.772 e. The van der Waals surface area contributed by atoms with Crippen LogP contribution in [0.25, 0.3) is 0 Å². The first-order valence-corrected chi connectivity index (χ1v) is 9.70. The van der Waals surface area contributed by atoms with E-state index in [1.807, 2.05) is 36.4 Å². The fraction of sp³-hybridized carbons (Fsp3) is 0.353. The number of benzene rings is 1. The van der Waals surface area contributed by atoms with Crippen molar-refractivity contribution >= 4 is 33.7 Å². The Hall–Kier alpha value is -1.50. The average Bonchev–Trinajstić information content (AvgIpc) is 3.04. The Kier molecular flexibility index (Phi) is 5.25. The number of hydrogen-bond acceptors (Lipinski definition) is 5. The largest absolute Gasteiger partial charge is 0.772 e. The van der Waals surface area contributed by atoms with E-state index < -0.39 is 11.1 Å². The molecule has 0 amide bonds. The first-order valence-electron chi connectivity index (χ1n) is 7.64. The molecule has 4 nitrogen and oxygen atoms in total. The lowest BCUT2D eigenvalue weighted by Gasteiger charge is -2.37. The molecule has 2 unspecified atom stereocenters. The molecule has 1 aliphatic heterocycles. The maximum Gasteiger partial charge on any atom is 0.160 e. The van der Waals surface area contributed by atoms with E-state index in [1.165, 1.54) is 23.3 Å². The second-order valence-corrected chi connectivity index (χ2v) is 7.68. The highest BCUT2D eigenvalue weighted by atomic mass is 32.2. The molecule has 2 atom stereocenters. The lowest BCUT2D eigenvalue weighted by molar-refractivity contribution is 0.112. The van der Waals surface area contributed by atoms with Gasteiger partial charge < -0.3 is 9.45 Å². The number of aldehydes is 1. The molecule has 0 aliphatic carbocycles.